The zero-order valence-electron chi connectivity index (χ0n) is 11.8. The van der Waals surface area contributed by atoms with E-state index in [-0.39, 0.29) is 24.4 Å². The molecular formula is C16H15ClN2O3. The molecule has 0 spiro atoms. The molecule has 0 aliphatic carbocycles. The first-order valence-electron chi connectivity index (χ1n) is 7.11. The molecule has 1 N–H and O–H groups in total. The highest BCUT2D eigenvalue weighted by Gasteiger charge is 2.25. The molecule has 1 aromatic carbocycles. The Morgan fingerprint density at radius 2 is 2.23 bits per heavy atom. The van der Waals surface area contributed by atoms with Crippen LogP contribution in [0.4, 0.5) is 0 Å². The third-order valence-electron chi connectivity index (χ3n) is 3.72. The summed E-state index contributed by atoms with van der Waals surface area (Å²) in [5.74, 6) is -0.625. The summed E-state index contributed by atoms with van der Waals surface area (Å²) in [6.07, 6.45) is 0.881. The van der Waals surface area contributed by atoms with Crippen molar-refractivity contribution in [3.63, 3.8) is 0 Å². The number of esters is 1. The van der Waals surface area contributed by atoms with E-state index in [9.17, 15) is 9.59 Å². The maximum atomic E-state index is 12.0. The minimum atomic E-state index is -0.316. The van der Waals surface area contributed by atoms with Crippen molar-refractivity contribution >= 4 is 34.4 Å². The fourth-order valence-corrected chi connectivity index (χ4v) is 2.64. The molecule has 0 radical (unpaired) electrons. The second-order valence-electron chi connectivity index (χ2n) is 5.28. The molecule has 114 valence electrons. The Kier molecular flexibility index (Phi) is 4.24. The highest BCUT2D eigenvalue weighted by molar-refractivity contribution is 6.30. The van der Waals surface area contributed by atoms with E-state index in [1.807, 2.05) is 30.3 Å². The first-order valence-corrected chi connectivity index (χ1v) is 7.49. The number of rotatable bonds is 3. The molecule has 6 heteroatoms. The third kappa shape index (κ3) is 3.20. The smallest absolute Gasteiger partial charge is 0.311 e. The van der Waals surface area contributed by atoms with Gasteiger partial charge in [-0.05, 0) is 18.6 Å². The van der Waals surface area contributed by atoms with Crippen molar-refractivity contribution in [3.05, 3.63) is 41.0 Å². The van der Waals surface area contributed by atoms with E-state index >= 15 is 0 Å². The molecule has 1 aliphatic rings. The van der Waals surface area contributed by atoms with E-state index in [1.54, 1.807) is 0 Å². The zero-order valence-corrected chi connectivity index (χ0v) is 12.6. The first kappa shape index (κ1) is 14.8. The summed E-state index contributed by atoms with van der Waals surface area (Å²) in [7, 11) is 0. The number of carbonyl (C=O) groups excluding carboxylic acids is 2. The van der Waals surface area contributed by atoms with Crippen molar-refractivity contribution in [2.75, 3.05) is 6.54 Å². The fourth-order valence-electron chi connectivity index (χ4n) is 2.44. The van der Waals surface area contributed by atoms with Gasteiger partial charge in [-0.3, -0.25) is 9.59 Å². The molecule has 0 unspecified atom stereocenters. The number of hydrogen-bond donors (Lipinski definition) is 1. The van der Waals surface area contributed by atoms with Crippen molar-refractivity contribution in [1.29, 1.82) is 0 Å². The Balaban J connectivity index is 1.67. The monoisotopic (exact) mass is 318 g/mol. The summed E-state index contributed by atoms with van der Waals surface area (Å²) in [6.45, 7) is 0.418. The number of carbonyl (C=O) groups is 2. The lowest BCUT2D eigenvalue weighted by Crippen LogP contribution is -2.39. The number of hydrogen-bond acceptors (Lipinski definition) is 4. The lowest BCUT2D eigenvalue weighted by molar-refractivity contribution is -0.151. The van der Waals surface area contributed by atoms with Crippen molar-refractivity contribution in [2.24, 2.45) is 5.92 Å². The molecule has 2 aromatic rings. The summed E-state index contributed by atoms with van der Waals surface area (Å²) in [6, 6.07) is 9.49. The molecule has 1 atom stereocenters. The quantitative estimate of drug-likeness (QED) is 0.697. The Bertz CT molecular complexity index is 722. The Morgan fingerprint density at radius 3 is 3.00 bits per heavy atom. The highest BCUT2D eigenvalue weighted by atomic mass is 35.5. The van der Waals surface area contributed by atoms with Gasteiger partial charge in [0.25, 0.3) is 0 Å². The van der Waals surface area contributed by atoms with Gasteiger partial charge in [-0.25, -0.2) is 4.98 Å². The maximum absolute atomic E-state index is 12.0. The highest BCUT2D eigenvalue weighted by Crippen LogP contribution is 2.22. The van der Waals surface area contributed by atoms with Crippen LogP contribution >= 0.6 is 11.6 Å². The Morgan fingerprint density at radius 1 is 1.41 bits per heavy atom. The predicted molar refractivity (Wildman–Crippen MR) is 82.3 cm³/mol. The number of benzene rings is 1. The van der Waals surface area contributed by atoms with Gasteiger partial charge in [0.15, 0.2) is 0 Å². The van der Waals surface area contributed by atoms with Gasteiger partial charge in [-0.15, -0.1) is 0 Å². The van der Waals surface area contributed by atoms with Gasteiger partial charge in [0.1, 0.15) is 11.8 Å². The van der Waals surface area contributed by atoms with Crippen LogP contribution in [0.2, 0.25) is 5.15 Å². The summed E-state index contributed by atoms with van der Waals surface area (Å²) >= 11 is 6.13. The fraction of sp³-hybridized carbons (Fsp3) is 0.312. The minimum Gasteiger partial charge on any atom is -0.460 e. The molecule has 1 saturated heterocycles. The number of nitrogens with zero attached hydrogens (tertiary/aromatic N) is 1. The number of aromatic nitrogens is 1. The van der Waals surface area contributed by atoms with Crippen molar-refractivity contribution in [1.82, 2.24) is 10.3 Å². The molecule has 3 rings (SSSR count). The van der Waals surface area contributed by atoms with Crippen LogP contribution in [0.15, 0.2) is 30.3 Å². The number of nitrogens with one attached hydrogen (secondary N) is 1. The zero-order chi connectivity index (χ0) is 15.5. The SMILES string of the molecule is O=C1CC[C@H](C(=O)OCc2cc3ccccc3nc2Cl)CN1. The van der Waals surface area contributed by atoms with Crippen LogP contribution in [0.25, 0.3) is 10.9 Å². The molecular weight excluding hydrogens is 304 g/mol. The van der Waals surface area contributed by atoms with E-state index < -0.39 is 0 Å². The van der Waals surface area contributed by atoms with Gasteiger partial charge in [-0.2, -0.15) is 0 Å². The van der Waals surface area contributed by atoms with Crippen LogP contribution in [-0.4, -0.2) is 23.4 Å². The number of halogens is 1. The maximum Gasteiger partial charge on any atom is 0.311 e. The van der Waals surface area contributed by atoms with Crippen molar-refractivity contribution in [2.45, 2.75) is 19.4 Å². The number of ether oxygens (including phenoxy) is 1. The molecule has 1 aliphatic heterocycles. The van der Waals surface area contributed by atoms with E-state index in [0.29, 0.717) is 30.1 Å². The second kappa shape index (κ2) is 6.32. The lowest BCUT2D eigenvalue weighted by Gasteiger charge is -2.20. The first-order chi connectivity index (χ1) is 10.6. The minimum absolute atomic E-state index is 0.0224. The van der Waals surface area contributed by atoms with Gasteiger partial charge in [0.2, 0.25) is 5.91 Å². The van der Waals surface area contributed by atoms with Crippen LogP contribution in [-0.2, 0) is 20.9 Å². The molecule has 1 amide bonds. The lowest BCUT2D eigenvalue weighted by atomic mass is 9.99. The normalized spacial score (nSPS) is 18.0. The molecule has 0 bridgehead atoms. The standard InChI is InChI=1S/C16H15ClN2O3/c17-15-12(7-10-3-1-2-4-13(10)19-15)9-22-16(21)11-5-6-14(20)18-8-11/h1-4,7,11H,5-6,8-9H2,(H,18,20)/t11-/m0/s1. The largest absolute Gasteiger partial charge is 0.460 e. The number of amides is 1. The van der Waals surface area contributed by atoms with Crippen molar-refractivity contribution < 1.29 is 14.3 Å². The number of piperidine rings is 1. The van der Waals surface area contributed by atoms with E-state index in [1.165, 1.54) is 0 Å². The Labute approximate surface area is 132 Å². The van der Waals surface area contributed by atoms with Gasteiger partial charge in [0, 0.05) is 23.9 Å². The number of fused-ring (bicyclic) bond motifs is 1. The Hall–Kier alpha value is -2.14. The second-order valence-corrected chi connectivity index (χ2v) is 5.64. The van der Waals surface area contributed by atoms with E-state index in [4.69, 9.17) is 16.3 Å². The average molecular weight is 319 g/mol. The van der Waals surface area contributed by atoms with Crippen LogP contribution in [0.3, 0.4) is 0 Å². The topological polar surface area (TPSA) is 68.3 Å². The van der Waals surface area contributed by atoms with Crippen LogP contribution < -0.4 is 5.32 Å². The summed E-state index contributed by atoms with van der Waals surface area (Å²) in [5.41, 5.74) is 1.48. The molecule has 0 saturated carbocycles. The summed E-state index contributed by atoms with van der Waals surface area (Å²) in [4.78, 5) is 27.4. The number of para-hydroxylation sites is 1. The third-order valence-corrected chi connectivity index (χ3v) is 4.05. The van der Waals surface area contributed by atoms with Gasteiger partial charge >= 0.3 is 5.97 Å². The molecule has 5 nitrogen and oxygen atoms in total. The molecule has 22 heavy (non-hydrogen) atoms. The van der Waals surface area contributed by atoms with Gasteiger partial charge < -0.3 is 10.1 Å². The van der Waals surface area contributed by atoms with Crippen molar-refractivity contribution in [3.8, 4) is 0 Å². The van der Waals surface area contributed by atoms with Crippen LogP contribution in [0.5, 0.6) is 0 Å². The molecule has 1 fully saturated rings. The van der Waals surface area contributed by atoms with E-state index in [0.717, 1.165) is 10.9 Å². The van der Waals surface area contributed by atoms with E-state index in [2.05, 4.69) is 10.3 Å². The molecule has 1 aromatic heterocycles. The van der Waals surface area contributed by atoms with Gasteiger partial charge in [0.05, 0.1) is 11.4 Å². The van der Waals surface area contributed by atoms with Gasteiger partial charge in [-0.1, -0.05) is 29.8 Å². The predicted octanol–water partition coefficient (Wildman–Crippen LogP) is 2.46. The average Bonchev–Trinajstić information content (AvgIpc) is 2.53. The number of pyridine rings is 1. The summed E-state index contributed by atoms with van der Waals surface area (Å²) < 4.78 is 5.32. The van der Waals surface area contributed by atoms with Crippen LogP contribution in [0.1, 0.15) is 18.4 Å². The summed E-state index contributed by atoms with van der Waals surface area (Å²) in [5, 5.41) is 3.95. The van der Waals surface area contributed by atoms with Crippen LogP contribution in [0, 0.1) is 5.92 Å². The molecule has 2 heterocycles.